The van der Waals surface area contributed by atoms with E-state index in [0.29, 0.717) is 18.0 Å². The highest BCUT2D eigenvalue weighted by Gasteiger charge is 2.43. The van der Waals surface area contributed by atoms with E-state index in [-0.39, 0.29) is 0 Å². The molecule has 0 aliphatic carbocycles. The van der Waals surface area contributed by atoms with Crippen LogP contribution in [0.1, 0.15) is 33.4 Å². The van der Waals surface area contributed by atoms with E-state index in [1.807, 2.05) is 158 Å². The third kappa shape index (κ3) is 7.24. The van der Waals surface area contributed by atoms with Gasteiger partial charge in [0.05, 0.1) is 12.1 Å². The standard InChI is InChI=1S/C43H40N2O2S/c46-42(35-23-11-3-12-24-35,36-25-13-4-14-26-36)39(31-33-19-7-1-8-20-33)44-41(48)45-40(32-34-21-9-2-10-22-34)43(47,37-27-15-5-16-28-37)38-29-17-6-18-30-38/h1-30,39-40,46-47H,31-32H2,(H2,44,45,48)/t39-,40?/m0/s1. The highest BCUT2D eigenvalue weighted by molar-refractivity contribution is 7.80. The molecule has 2 atom stereocenters. The lowest BCUT2D eigenvalue weighted by Gasteiger charge is -2.41. The summed E-state index contributed by atoms with van der Waals surface area (Å²) in [5, 5.41) is 33.3. The van der Waals surface area contributed by atoms with Gasteiger partial charge in [-0.3, -0.25) is 0 Å². The second-order valence-electron chi connectivity index (χ2n) is 12.1. The fourth-order valence-electron chi connectivity index (χ4n) is 6.57. The molecule has 4 nitrogen and oxygen atoms in total. The SMILES string of the molecule is OC(c1ccccc1)(c1ccccc1)C(Cc1ccccc1)NC(=S)N[C@@H](Cc1ccccc1)C(O)(c1ccccc1)c1ccccc1. The average Bonchev–Trinajstić information content (AvgIpc) is 3.16. The molecule has 240 valence electrons. The molecular weight excluding hydrogens is 609 g/mol. The lowest BCUT2D eigenvalue weighted by molar-refractivity contribution is 0.0387. The minimum absolute atomic E-state index is 0.326. The molecule has 48 heavy (non-hydrogen) atoms. The monoisotopic (exact) mass is 648 g/mol. The molecule has 1 unspecified atom stereocenters. The zero-order chi connectivity index (χ0) is 33.2. The number of hydrogen-bond acceptors (Lipinski definition) is 3. The molecule has 0 aliphatic heterocycles. The van der Waals surface area contributed by atoms with Crippen LogP contribution >= 0.6 is 12.2 Å². The summed E-state index contributed by atoms with van der Waals surface area (Å²) in [7, 11) is 0. The van der Waals surface area contributed by atoms with Crippen molar-refractivity contribution in [2.45, 2.75) is 36.1 Å². The van der Waals surface area contributed by atoms with Gasteiger partial charge in [0.15, 0.2) is 5.11 Å². The second-order valence-corrected chi connectivity index (χ2v) is 12.5. The van der Waals surface area contributed by atoms with Crippen molar-refractivity contribution in [3.05, 3.63) is 215 Å². The third-order valence-corrected chi connectivity index (χ3v) is 9.28. The highest BCUT2D eigenvalue weighted by atomic mass is 32.1. The van der Waals surface area contributed by atoms with E-state index in [4.69, 9.17) is 12.2 Å². The van der Waals surface area contributed by atoms with Crippen LogP contribution in [0.4, 0.5) is 0 Å². The molecule has 0 aromatic heterocycles. The van der Waals surface area contributed by atoms with Crippen LogP contribution in [-0.4, -0.2) is 27.4 Å². The minimum atomic E-state index is -1.45. The van der Waals surface area contributed by atoms with Gasteiger partial charge in [-0.15, -0.1) is 0 Å². The fraction of sp³-hybridized carbons (Fsp3) is 0.140. The molecule has 4 N–H and O–H groups in total. The Hall–Kier alpha value is -5.07. The topological polar surface area (TPSA) is 64.5 Å². The predicted octanol–water partition coefficient (Wildman–Crippen LogP) is 7.55. The van der Waals surface area contributed by atoms with E-state index in [1.54, 1.807) is 0 Å². The van der Waals surface area contributed by atoms with Crippen molar-refractivity contribution >= 4 is 17.3 Å². The van der Waals surface area contributed by atoms with Gasteiger partial charge in [-0.05, 0) is 58.4 Å². The summed E-state index contributed by atoms with van der Waals surface area (Å²) in [5.41, 5.74) is 2.19. The molecule has 0 radical (unpaired) electrons. The molecule has 0 aliphatic rings. The highest BCUT2D eigenvalue weighted by Crippen LogP contribution is 2.37. The summed E-state index contributed by atoms with van der Waals surface area (Å²) in [4.78, 5) is 0. The lowest BCUT2D eigenvalue weighted by Crippen LogP contribution is -2.59. The molecular formula is C43H40N2O2S. The van der Waals surface area contributed by atoms with Crippen molar-refractivity contribution in [1.82, 2.24) is 10.6 Å². The van der Waals surface area contributed by atoms with Crippen molar-refractivity contribution in [3.63, 3.8) is 0 Å². The molecule has 0 amide bonds. The molecule has 0 spiro atoms. The van der Waals surface area contributed by atoms with E-state index in [0.717, 1.165) is 33.4 Å². The molecule has 6 aromatic carbocycles. The van der Waals surface area contributed by atoms with Gasteiger partial charge < -0.3 is 20.8 Å². The van der Waals surface area contributed by atoms with Crippen LogP contribution < -0.4 is 10.6 Å². The number of hydrogen-bond donors (Lipinski definition) is 4. The minimum Gasteiger partial charge on any atom is -0.378 e. The third-order valence-electron chi connectivity index (χ3n) is 9.04. The number of benzene rings is 6. The molecule has 0 heterocycles. The van der Waals surface area contributed by atoms with Gasteiger partial charge in [-0.1, -0.05) is 182 Å². The Balaban J connectivity index is 1.42. The number of thiocarbonyl (C=S) groups is 1. The van der Waals surface area contributed by atoms with Crippen LogP contribution in [0.5, 0.6) is 0 Å². The molecule has 5 heteroatoms. The first-order chi connectivity index (χ1) is 23.5. The number of rotatable bonds is 12. The molecule has 6 aromatic rings. The van der Waals surface area contributed by atoms with E-state index < -0.39 is 23.3 Å². The van der Waals surface area contributed by atoms with Crippen LogP contribution in [-0.2, 0) is 24.0 Å². The normalized spacial score (nSPS) is 12.9. The number of nitrogens with one attached hydrogen (secondary N) is 2. The van der Waals surface area contributed by atoms with Crippen LogP contribution in [0.2, 0.25) is 0 Å². The van der Waals surface area contributed by atoms with Gasteiger partial charge in [0.25, 0.3) is 0 Å². The van der Waals surface area contributed by atoms with Crippen molar-refractivity contribution < 1.29 is 10.2 Å². The van der Waals surface area contributed by atoms with E-state index in [1.165, 1.54) is 0 Å². The first-order valence-corrected chi connectivity index (χ1v) is 16.7. The largest absolute Gasteiger partial charge is 0.378 e. The average molecular weight is 649 g/mol. The van der Waals surface area contributed by atoms with Gasteiger partial charge in [-0.2, -0.15) is 0 Å². The Morgan fingerprint density at radius 1 is 0.417 bits per heavy atom. The first-order valence-electron chi connectivity index (χ1n) is 16.3. The fourth-order valence-corrected chi connectivity index (χ4v) is 6.86. The van der Waals surface area contributed by atoms with Gasteiger partial charge in [0, 0.05) is 0 Å². The summed E-state index contributed by atoms with van der Waals surface area (Å²) >= 11 is 6.13. The molecule has 0 fully saturated rings. The van der Waals surface area contributed by atoms with Crippen LogP contribution in [0.15, 0.2) is 182 Å². The van der Waals surface area contributed by atoms with Crippen molar-refractivity contribution in [2.75, 3.05) is 0 Å². The van der Waals surface area contributed by atoms with Crippen molar-refractivity contribution in [1.29, 1.82) is 0 Å². The molecule has 0 saturated heterocycles. The van der Waals surface area contributed by atoms with E-state index in [2.05, 4.69) is 34.9 Å². The Bertz CT molecular complexity index is 1640. The summed E-state index contributed by atoms with van der Waals surface area (Å²) in [5.74, 6) is 0. The Morgan fingerprint density at radius 2 is 0.646 bits per heavy atom. The Labute approximate surface area is 288 Å². The van der Waals surface area contributed by atoms with Crippen molar-refractivity contribution in [2.24, 2.45) is 0 Å². The Kier molecular flexibility index (Phi) is 10.4. The van der Waals surface area contributed by atoms with E-state index in [9.17, 15) is 10.2 Å². The summed E-state index contributed by atoms with van der Waals surface area (Å²) in [6.07, 6.45) is 0.960. The quantitative estimate of drug-likeness (QED) is 0.103. The van der Waals surface area contributed by atoms with Crippen LogP contribution in [0.25, 0.3) is 0 Å². The second kappa shape index (κ2) is 15.2. The Morgan fingerprint density at radius 3 is 0.896 bits per heavy atom. The number of aliphatic hydroxyl groups is 2. The smallest absolute Gasteiger partial charge is 0.166 e. The zero-order valence-corrected chi connectivity index (χ0v) is 27.5. The molecule has 0 bridgehead atoms. The van der Waals surface area contributed by atoms with Crippen molar-refractivity contribution in [3.8, 4) is 0 Å². The summed E-state index contributed by atoms with van der Waals surface area (Å²) < 4.78 is 0. The zero-order valence-electron chi connectivity index (χ0n) is 26.7. The summed E-state index contributed by atoms with van der Waals surface area (Å²) in [6.45, 7) is 0. The summed E-state index contributed by atoms with van der Waals surface area (Å²) in [6, 6.07) is 58.0. The molecule has 0 saturated carbocycles. The van der Waals surface area contributed by atoms with Gasteiger partial charge >= 0.3 is 0 Å². The maximum Gasteiger partial charge on any atom is 0.166 e. The molecule has 6 rings (SSSR count). The first kappa shape index (κ1) is 32.9. The van der Waals surface area contributed by atoms with Crippen LogP contribution in [0, 0.1) is 0 Å². The predicted molar refractivity (Wildman–Crippen MR) is 199 cm³/mol. The van der Waals surface area contributed by atoms with E-state index >= 15 is 0 Å². The maximum absolute atomic E-state index is 12.9. The van der Waals surface area contributed by atoms with Crippen LogP contribution in [0.3, 0.4) is 0 Å². The van der Waals surface area contributed by atoms with Gasteiger partial charge in [0.2, 0.25) is 0 Å². The van der Waals surface area contributed by atoms with Gasteiger partial charge in [-0.25, -0.2) is 0 Å². The lowest BCUT2D eigenvalue weighted by atomic mass is 9.77. The van der Waals surface area contributed by atoms with Gasteiger partial charge in [0.1, 0.15) is 11.2 Å². The maximum atomic E-state index is 12.9.